The van der Waals surface area contributed by atoms with E-state index in [1.54, 1.807) is 13.3 Å². The summed E-state index contributed by atoms with van der Waals surface area (Å²) < 4.78 is 9.27. The van der Waals surface area contributed by atoms with E-state index >= 15 is 0 Å². The maximum Gasteiger partial charge on any atom is 0.306 e. The van der Waals surface area contributed by atoms with E-state index in [0.717, 1.165) is 44.7 Å². The highest BCUT2D eigenvalue weighted by Crippen LogP contribution is 2.28. The Labute approximate surface area is 184 Å². The Kier molecular flexibility index (Phi) is 4.83. The number of H-pyrrole nitrogens is 1. The molecule has 0 aliphatic carbocycles. The molecule has 0 aliphatic rings. The molecule has 0 fully saturated rings. The van der Waals surface area contributed by atoms with Crippen molar-refractivity contribution in [2.45, 2.75) is 26.7 Å². The van der Waals surface area contributed by atoms with Crippen molar-refractivity contribution in [1.82, 2.24) is 14.5 Å². The van der Waals surface area contributed by atoms with Crippen LogP contribution in [0.1, 0.15) is 30.0 Å². The van der Waals surface area contributed by atoms with Gasteiger partial charge in [-0.25, -0.2) is 9.55 Å². The van der Waals surface area contributed by atoms with Crippen molar-refractivity contribution in [3.8, 4) is 11.9 Å². The van der Waals surface area contributed by atoms with Gasteiger partial charge in [-0.15, -0.1) is 0 Å². The van der Waals surface area contributed by atoms with Crippen LogP contribution in [0.25, 0.3) is 33.5 Å². The summed E-state index contributed by atoms with van der Waals surface area (Å²) in [5, 5.41) is 10.0. The molecule has 3 aromatic heterocycles. The number of nitrogens with one attached hydrogen (secondary N) is 1. The van der Waals surface area contributed by atoms with Crippen LogP contribution in [-0.2, 0) is 16.0 Å². The number of hydrogen-bond donors (Lipinski definition) is 1. The SMILES string of the molecule is CCOC(=O)CCc1c(C)c(C#N)c2[nH]c3ccccc3[n+]2c1-n1cnc2ccccc21. The van der Waals surface area contributed by atoms with Gasteiger partial charge in [0.05, 0.1) is 6.61 Å². The molecule has 32 heavy (non-hydrogen) atoms. The molecule has 0 spiro atoms. The second-order valence-corrected chi connectivity index (χ2v) is 7.65. The van der Waals surface area contributed by atoms with Gasteiger partial charge in [0.1, 0.15) is 33.7 Å². The Hall–Kier alpha value is -4.18. The first kappa shape index (κ1) is 19.8. The lowest BCUT2D eigenvalue weighted by atomic mass is 10.00. The largest absolute Gasteiger partial charge is 0.466 e. The van der Waals surface area contributed by atoms with Crippen molar-refractivity contribution in [3.05, 3.63) is 71.5 Å². The van der Waals surface area contributed by atoms with Crippen LogP contribution in [0.5, 0.6) is 0 Å². The molecule has 0 amide bonds. The Bertz CT molecular complexity index is 1540. The summed E-state index contributed by atoms with van der Waals surface area (Å²) in [6.45, 7) is 4.08. The predicted octanol–water partition coefficient (Wildman–Crippen LogP) is 3.92. The number of ether oxygens (including phenoxy) is 1. The molecule has 5 aromatic rings. The summed E-state index contributed by atoms with van der Waals surface area (Å²) >= 11 is 0. The highest BCUT2D eigenvalue weighted by molar-refractivity contribution is 5.80. The van der Waals surface area contributed by atoms with Crippen molar-refractivity contribution in [1.29, 1.82) is 5.26 Å². The summed E-state index contributed by atoms with van der Waals surface area (Å²) in [6, 6.07) is 18.2. The third kappa shape index (κ3) is 3.00. The molecular formula is C25H22N5O2+. The first-order valence-corrected chi connectivity index (χ1v) is 10.6. The molecule has 0 saturated heterocycles. The van der Waals surface area contributed by atoms with Crippen molar-refractivity contribution in [2.75, 3.05) is 6.61 Å². The van der Waals surface area contributed by atoms with E-state index < -0.39 is 0 Å². The van der Waals surface area contributed by atoms with Crippen LogP contribution in [0.3, 0.4) is 0 Å². The third-order valence-electron chi connectivity index (χ3n) is 5.85. The number of aromatic nitrogens is 4. The number of fused-ring (bicyclic) bond motifs is 4. The number of carbonyl (C=O) groups is 1. The number of pyridine rings is 1. The first-order chi connectivity index (χ1) is 15.6. The standard InChI is InChI=1S/C25H21N5O2/c1-3-32-23(31)13-12-17-16(2)18(14-26)24-28-20-9-5-7-11-22(20)30(24)25(17)29-15-27-19-8-4-6-10-21(19)29/h4-11,15H,3,12-13H2,1-2H3/p+1. The number of esters is 1. The molecule has 1 N–H and O–H groups in total. The van der Waals surface area contributed by atoms with E-state index in [9.17, 15) is 10.1 Å². The monoisotopic (exact) mass is 424 g/mol. The van der Waals surface area contributed by atoms with E-state index in [1.807, 2.05) is 60.0 Å². The van der Waals surface area contributed by atoms with Gasteiger partial charge in [-0.3, -0.25) is 9.78 Å². The third-order valence-corrected chi connectivity index (χ3v) is 5.85. The Morgan fingerprint density at radius 1 is 1.22 bits per heavy atom. The maximum atomic E-state index is 12.2. The van der Waals surface area contributed by atoms with Crippen molar-refractivity contribution in [3.63, 3.8) is 0 Å². The number of rotatable bonds is 5. The zero-order valence-corrected chi connectivity index (χ0v) is 17.9. The van der Waals surface area contributed by atoms with Crippen LogP contribution >= 0.6 is 0 Å². The summed E-state index contributed by atoms with van der Waals surface area (Å²) in [6.07, 6.45) is 2.48. The molecule has 7 heteroatoms. The van der Waals surface area contributed by atoms with Crippen LogP contribution in [-0.4, -0.2) is 27.1 Å². The van der Waals surface area contributed by atoms with Crippen LogP contribution in [0.4, 0.5) is 0 Å². The van der Waals surface area contributed by atoms with E-state index in [4.69, 9.17) is 4.74 Å². The summed E-state index contributed by atoms with van der Waals surface area (Å²) in [7, 11) is 0. The molecule has 0 unspecified atom stereocenters. The number of carbonyl (C=O) groups excluding carboxylic acids is 1. The Balaban J connectivity index is 1.89. The highest BCUT2D eigenvalue weighted by Gasteiger charge is 2.28. The van der Waals surface area contributed by atoms with Crippen LogP contribution in [0.15, 0.2) is 54.9 Å². The average molecular weight is 424 g/mol. The molecule has 0 aliphatic heterocycles. The normalized spacial score (nSPS) is 11.3. The minimum Gasteiger partial charge on any atom is -0.466 e. The number of benzene rings is 2. The van der Waals surface area contributed by atoms with Crippen molar-refractivity contribution >= 4 is 33.7 Å². The molecule has 158 valence electrons. The number of hydrogen-bond acceptors (Lipinski definition) is 4. The van der Waals surface area contributed by atoms with E-state index in [-0.39, 0.29) is 12.4 Å². The number of nitriles is 1. The van der Waals surface area contributed by atoms with Gasteiger partial charge in [0.25, 0.3) is 0 Å². The lowest BCUT2D eigenvalue weighted by Crippen LogP contribution is -2.31. The van der Waals surface area contributed by atoms with Gasteiger partial charge in [-0.05, 0) is 50.1 Å². The van der Waals surface area contributed by atoms with E-state index in [1.165, 1.54) is 0 Å². The highest BCUT2D eigenvalue weighted by atomic mass is 16.5. The maximum absolute atomic E-state index is 12.2. The molecular weight excluding hydrogens is 402 g/mol. The second kappa shape index (κ2) is 7.82. The fourth-order valence-electron chi connectivity index (χ4n) is 4.38. The topological polar surface area (TPSA) is 87.8 Å². The first-order valence-electron chi connectivity index (χ1n) is 10.6. The Morgan fingerprint density at radius 2 is 2.00 bits per heavy atom. The molecule has 7 nitrogen and oxygen atoms in total. The zero-order chi connectivity index (χ0) is 22.2. The fraction of sp³-hybridized carbons (Fsp3) is 0.200. The zero-order valence-electron chi connectivity index (χ0n) is 17.9. The number of aromatic amines is 1. The van der Waals surface area contributed by atoms with Gasteiger partial charge >= 0.3 is 5.97 Å². The minimum absolute atomic E-state index is 0.230. The van der Waals surface area contributed by atoms with Crippen molar-refractivity contribution < 1.29 is 13.9 Å². The minimum atomic E-state index is -0.254. The van der Waals surface area contributed by atoms with Crippen LogP contribution in [0.2, 0.25) is 0 Å². The molecule has 2 aromatic carbocycles. The molecule has 0 atom stereocenters. The molecule has 0 radical (unpaired) electrons. The van der Waals surface area contributed by atoms with Gasteiger partial charge in [0.15, 0.2) is 6.33 Å². The molecule has 0 saturated carbocycles. The smallest absolute Gasteiger partial charge is 0.306 e. The lowest BCUT2D eigenvalue weighted by molar-refractivity contribution is -0.476. The lowest BCUT2D eigenvalue weighted by Gasteiger charge is -2.13. The summed E-state index contributed by atoms with van der Waals surface area (Å²) in [5.74, 6) is 0.614. The quantitative estimate of drug-likeness (QED) is 0.342. The van der Waals surface area contributed by atoms with Crippen LogP contribution in [0, 0.1) is 18.3 Å². The molecule has 3 heterocycles. The summed E-state index contributed by atoms with van der Waals surface area (Å²) in [5.41, 5.74) is 6.75. The van der Waals surface area contributed by atoms with Gasteiger partial charge in [0, 0.05) is 12.0 Å². The summed E-state index contributed by atoms with van der Waals surface area (Å²) in [4.78, 5) is 20.2. The molecule has 0 bridgehead atoms. The number of nitrogens with zero attached hydrogens (tertiary/aromatic N) is 4. The Morgan fingerprint density at radius 3 is 2.81 bits per heavy atom. The van der Waals surface area contributed by atoms with Gasteiger partial charge in [-0.1, -0.05) is 24.3 Å². The van der Waals surface area contributed by atoms with Gasteiger partial charge in [0.2, 0.25) is 11.5 Å². The second-order valence-electron chi connectivity index (χ2n) is 7.65. The molecule has 5 rings (SSSR count). The fourth-order valence-corrected chi connectivity index (χ4v) is 4.38. The van der Waals surface area contributed by atoms with E-state index in [0.29, 0.717) is 18.6 Å². The number of imidazole rings is 2. The number of para-hydroxylation sites is 4. The van der Waals surface area contributed by atoms with Crippen molar-refractivity contribution in [2.24, 2.45) is 0 Å². The van der Waals surface area contributed by atoms with Gasteiger partial charge < -0.3 is 4.74 Å². The van der Waals surface area contributed by atoms with Gasteiger partial charge in [-0.2, -0.15) is 9.66 Å². The van der Waals surface area contributed by atoms with E-state index in [2.05, 4.69) is 20.4 Å². The average Bonchev–Trinajstić information content (AvgIpc) is 3.39. The van der Waals surface area contributed by atoms with Crippen LogP contribution < -0.4 is 4.40 Å². The predicted molar refractivity (Wildman–Crippen MR) is 120 cm³/mol.